The van der Waals surface area contributed by atoms with E-state index in [0.717, 1.165) is 24.2 Å². The Labute approximate surface area is 137 Å². The lowest BCUT2D eigenvalue weighted by atomic mass is 9.86. The van der Waals surface area contributed by atoms with E-state index >= 15 is 0 Å². The van der Waals surface area contributed by atoms with Crippen molar-refractivity contribution in [3.63, 3.8) is 0 Å². The predicted octanol–water partition coefficient (Wildman–Crippen LogP) is 2.83. The molecule has 124 valence electrons. The van der Waals surface area contributed by atoms with E-state index in [1.165, 1.54) is 5.56 Å². The highest BCUT2D eigenvalue weighted by atomic mass is 16.5. The zero-order chi connectivity index (χ0) is 16.7. The number of hydrogen-bond donors (Lipinski definition) is 3. The van der Waals surface area contributed by atoms with Crippen LogP contribution in [0.2, 0.25) is 0 Å². The summed E-state index contributed by atoms with van der Waals surface area (Å²) in [6.45, 7) is 2.79. The number of ether oxygens (including phenoxy) is 1. The van der Waals surface area contributed by atoms with Crippen LogP contribution in [0.3, 0.4) is 0 Å². The molecule has 0 amide bonds. The van der Waals surface area contributed by atoms with Crippen molar-refractivity contribution in [1.82, 2.24) is 5.32 Å². The summed E-state index contributed by atoms with van der Waals surface area (Å²) in [6.07, 6.45) is 1.76. The summed E-state index contributed by atoms with van der Waals surface area (Å²) in [5.41, 5.74) is 2.09. The van der Waals surface area contributed by atoms with Crippen LogP contribution >= 0.6 is 0 Å². The minimum absolute atomic E-state index is 0.102. The molecule has 4 heteroatoms. The normalized spacial score (nSPS) is 13.5. The van der Waals surface area contributed by atoms with Crippen molar-refractivity contribution in [2.24, 2.45) is 0 Å². The first-order chi connectivity index (χ1) is 11.1. The van der Waals surface area contributed by atoms with Crippen LogP contribution in [0.15, 0.2) is 48.5 Å². The number of aryl methyl sites for hydroxylation is 1. The topological polar surface area (TPSA) is 61.7 Å². The molecule has 1 atom stereocenters. The van der Waals surface area contributed by atoms with Gasteiger partial charge in [-0.25, -0.2) is 0 Å². The molecule has 0 saturated carbocycles. The fourth-order valence-electron chi connectivity index (χ4n) is 2.68. The molecule has 0 heterocycles. The molecule has 0 aliphatic heterocycles. The van der Waals surface area contributed by atoms with E-state index in [1.807, 2.05) is 24.3 Å². The van der Waals surface area contributed by atoms with E-state index in [0.29, 0.717) is 6.54 Å². The molecule has 2 aromatic carbocycles. The first-order valence-electron chi connectivity index (χ1n) is 7.86. The number of benzene rings is 2. The smallest absolute Gasteiger partial charge is 0.118 e. The van der Waals surface area contributed by atoms with Gasteiger partial charge in [0.15, 0.2) is 0 Å². The minimum atomic E-state index is -0.243. The average Bonchev–Trinajstić information content (AvgIpc) is 2.59. The molecule has 0 aliphatic rings. The zero-order valence-corrected chi connectivity index (χ0v) is 13.7. The van der Waals surface area contributed by atoms with E-state index in [-0.39, 0.29) is 17.9 Å². The van der Waals surface area contributed by atoms with Gasteiger partial charge in [0.05, 0.1) is 13.7 Å². The Morgan fingerprint density at radius 2 is 1.70 bits per heavy atom. The Bertz CT molecular complexity index is 595. The molecule has 3 N–H and O–H groups in total. The van der Waals surface area contributed by atoms with Gasteiger partial charge in [-0.2, -0.15) is 0 Å². The molecular weight excluding hydrogens is 290 g/mol. The summed E-state index contributed by atoms with van der Waals surface area (Å²) in [4.78, 5) is 0. The Hall–Kier alpha value is -2.04. The molecule has 0 spiro atoms. The minimum Gasteiger partial charge on any atom is -0.508 e. The van der Waals surface area contributed by atoms with Gasteiger partial charge in [-0.15, -0.1) is 0 Å². The molecule has 0 radical (unpaired) electrons. The van der Waals surface area contributed by atoms with Gasteiger partial charge in [0.25, 0.3) is 0 Å². The fourth-order valence-corrected chi connectivity index (χ4v) is 2.68. The molecule has 1 unspecified atom stereocenters. The van der Waals surface area contributed by atoms with Gasteiger partial charge in [0.2, 0.25) is 0 Å². The highest BCUT2D eigenvalue weighted by Crippen LogP contribution is 2.28. The quantitative estimate of drug-likeness (QED) is 0.701. The van der Waals surface area contributed by atoms with Crippen LogP contribution in [0.5, 0.6) is 11.5 Å². The van der Waals surface area contributed by atoms with Crippen LogP contribution in [-0.2, 0) is 12.0 Å². The Kier molecular flexibility index (Phi) is 6.02. The fraction of sp³-hybridized carbons (Fsp3) is 0.368. The first-order valence-corrected chi connectivity index (χ1v) is 7.86. The highest BCUT2D eigenvalue weighted by Gasteiger charge is 2.25. The summed E-state index contributed by atoms with van der Waals surface area (Å²) in [6, 6.07) is 15.3. The number of rotatable bonds is 8. The number of aromatic hydroxyl groups is 1. The lowest BCUT2D eigenvalue weighted by molar-refractivity contribution is 0.253. The SMILES string of the molecule is COc1ccc(C(C)(CCc2ccc(O)cc2)NCCO)cc1. The molecule has 0 aromatic heterocycles. The van der Waals surface area contributed by atoms with Crippen molar-refractivity contribution in [3.8, 4) is 11.5 Å². The molecule has 23 heavy (non-hydrogen) atoms. The Morgan fingerprint density at radius 1 is 1.04 bits per heavy atom. The van der Waals surface area contributed by atoms with Crippen molar-refractivity contribution in [2.75, 3.05) is 20.3 Å². The molecule has 2 rings (SSSR count). The van der Waals surface area contributed by atoms with Crippen LogP contribution in [-0.4, -0.2) is 30.5 Å². The number of nitrogens with one attached hydrogen (secondary N) is 1. The van der Waals surface area contributed by atoms with Crippen molar-refractivity contribution in [1.29, 1.82) is 0 Å². The van der Waals surface area contributed by atoms with E-state index in [2.05, 4.69) is 24.4 Å². The van der Waals surface area contributed by atoms with E-state index in [9.17, 15) is 5.11 Å². The molecule has 2 aromatic rings. The van der Waals surface area contributed by atoms with Gasteiger partial charge in [-0.1, -0.05) is 24.3 Å². The maximum absolute atomic E-state index is 9.38. The summed E-state index contributed by atoms with van der Waals surface area (Å²) in [5, 5.41) is 22.0. The summed E-state index contributed by atoms with van der Waals surface area (Å²) < 4.78 is 5.22. The predicted molar refractivity (Wildman–Crippen MR) is 91.9 cm³/mol. The number of phenols is 1. The van der Waals surface area contributed by atoms with Crippen LogP contribution < -0.4 is 10.1 Å². The van der Waals surface area contributed by atoms with Crippen molar-refractivity contribution >= 4 is 0 Å². The van der Waals surface area contributed by atoms with Crippen LogP contribution in [0.1, 0.15) is 24.5 Å². The van der Waals surface area contributed by atoms with E-state index < -0.39 is 0 Å². The third-order valence-electron chi connectivity index (χ3n) is 4.20. The summed E-state index contributed by atoms with van der Waals surface area (Å²) >= 11 is 0. The highest BCUT2D eigenvalue weighted by molar-refractivity contribution is 5.32. The second kappa shape index (κ2) is 7.99. The zero-order valence-electron chi connectivity index (χ0n) is 13.7. The largest absolute Gasteiger partial charge is 0.508 e. The second-order valence-electron chi connectivity index (χ2n) is 5.88. The second-order valence-corrected chi connectivity index (χ2v) is 5.88. The van der Waals surface area contributed by atoms with Crippen LogP contribution in [0.25, 0.3) is 0 Å². The van der Waals surface area contributed by atoms with Crippen molar-refractivity contribution < 1.29 is 14.9 Å². The average molecular weight is 315 g/mol. The summed E-state index contributed by atoms with van der Waals surface area (Å²) in [5.74, 6) is 1.11. The lowest BCUT2D eigenvalue weighted by Gasteiger charge is -2.32. The number of phenolic OH excluding ortho intramolecular Hbond substituents is 1. The third kappa shape index (κ3) is 4.71. The number of hydrogen-bond acceptors (Lipinski definition) is 4. The van der Waals surface area contributed by atoms with Gasteiger partial charge in [-0.3, -0.25) is 0 Å². The molecule has 0 aliphatic carbocycles. The maximum Gasteiger partial charge on any atom is 0.118 e. The standard InChI is InChI=1S/C19H25NO3/c1-19(20-13-14-21,16-5-9-18(23-2)10-6-16)12-11-15-3-7-17(22)8-4-15/h3-10,20-22H,11-14H2,1-2H3. The number of aliphatic hydroxyl groups excluding tert-OH is 1. The molecule has 0 fully saturated rings. The molecular formula is C19H25NO3. The van der Waals surface area contributed by atoms with Gasteiger partial charge in [0, 0.05) is 12.1 Å². The summed E-state index contributed by atoms with van der Waals surface area (Å²) in [7, 11) is 1.66. The van der Waals surface area contributed by atoms with Crippen LogP contribution in [0, 0.1) is 0 Å². The van der Waals surface area contributed by atoms with Crippen LogP contribution in [0.4, 0.5) is 0 Å². The van der Waals surface area contributed by atoms with Gasteiger partial charge in [0.1, 0.15) is 11.5 Å². The maximum atomic E-state index is 9.38. The van der Waals surface area contributed by atoms with Gasteiger partial charge < -0.3 is 20.3 Å². The lowest BCUT2D eigenvalue weighted by Crippen LogP contribution is -2.41. The molecule has 0 bridgehead atoms. The van der Waals surface area contributed by atoms with Crippen molar-refractivity contribution in [3.05, 3.63) is 59.7 Å². The number of aliphatic hydroxyl groups is 1. The third-order valence-corrected chi connectivity index (χ3v) is 4.20. The van der Waals surface area contributed by atoms with E-state index in [1.54, 1.807) is 19.2 Å². The Morgan fingerprint density at radius 3 is 2.26 bits per heavy atom. The van der Waals surface area contributed by atoms with Gasteiger partial charge in [-0.05, 0) is 55.2 Å². The molecule has 0 saturated heterocycles. The first kappa shape index (κ1) is 17.3. The van der Waals surface area contributed by atoms with Crippen molar-refractivity contribution in [2.45, 2.75) is 25.3 Å². The van der Waals surface area contributed by atoms with Gasteiger partial charge >= 0.3 is 0 Å². The van der Waals surface area contributed by atoms with E-state index in [4.69, 9.17) is 9.84 Å². The Balaban J connectivity index is 2.14. The number of methoxy groups -OCH3 is 1. The molecule has 4 nitrogen and oxygen atoms in total. The monoisotopic (exact) mass is 315 g/mol.